The molecule has 1 aromatic rings. The molecule has 21 heavy (non-hydrogen) atoms. The molecule has 1 aliphatic carbocycles. The largest absolute Gasteiger partial charge is 0.369 e. The lowest BCUT2D eigenvalue weighted by atomic mass is 10.0. The van der Waals surface area contributed by atoms with Crippen LogP contribution in [0.2, 0.25) is 0 Å². The van der Waals surface area contributed by atoms with Gasteiger partial charge in [-0.25, -0.2) is 4.39 Å². The third-order valence-corrected chi connectivity index (χ3v) is 4.69. The van der Waals surface area contributed by atoms with E-state index < -0.39 is 0 Å². The molecular formula is C17H26FN3. The van der Waals surface area contributed by atoms with Crippen molar-refractivity contribution in [3.8, 4) is 0 Å². The van der Waals surface area contributed by atoms with Crippen molar-refractivity contribution in [3.05, 3.63) is 29.6 Å². The van der Waals surface area contributed by atoms with Crippen molar-refractivity contribution in [2.24, 2.45) is 0 Å². The van der Waals surface area contributed by atoms with Gasteiger partial charge in [0.2, 0.25) is 0 Å². The molecule has 0 amide bonds. The number of hydrogen-bond acceptors (Lipinski definition) is 3. The second-order valence-corrected chi connectivity index (χ2v) is 6.21. The van der Waals surface area contributed by atoms with Crippen molar-refractivity contribution in [1.29, 1.82) is 0 Å². The van der Waals surface area contributed by atoms with Gasteiger partial charge in [-0.2, -0.15) is 0 Å². The Kier molecular flexibility index (Phi) is 4.45. The highest BCUT2D eigenvalue weighted by molar-refractivity contribution is 5.56. The average Bonchev–Trinajstić information content (AvgIpc) is 3.32. The van der Waals surface area contributed by atoms with E-state index in [2.05, 4.69) is 28.1 Å². The van der Waals surface area contributed by atoms with E-state index in [1.54, 1.807) is 6.07 Å². The van der Waals surface area contributed by atoms with Crippen LogP contribution in [0.3, 0.4) is 0 Å². The summed E-state index contributed by atoms with van der Waals surface area (Å²) >= 11 is 0. The monoisotopic (exact) mass is 291 g/mol. The molecule has 1 aromatic carbocycles. The van der Waals surface area contributed by atoms with Gasteiger partial charge in [0.1, 0.15) is 5.82 Å². The van der Waals surface area contributed by atoms with Gasteiger partial charge in [0.15, 0.2) is 0 Å². The van der Waals surface area contributed by atoms with E-state index in [9.17, 15) is 4.39 Å². The molecule has 3 rings (SSSR count). The van der Waals surface area contributed by atoms with Crippen LogP contribution in [-0.2, 0) is 0 Å². The first kappa shape index (κ1) is 14.8. The molecule has 2 fully saturated rings. The van der Waals surface area contributed by atoms with Crippen molar-refractivity contribution in [1.82, 2.24) is 10.2 Å². The molecule has 0 bridgehead atoms. The second-order valence-electron chi connectivity index (χ2n) is 6.21. The number of anilines is 1. The SMILES string of the molecule is CCNC(C)c1c(F)cccc1N1CCN(C2CC2)CC1. The van der Waals surface area contributed by atoms with Crippen molar-refractivity contribution >= 4 is 5.69 Å². The summed E-state index contributed by atoms with van der Waals surface area (Å²) in [6.07, 6.45) is 2.73. The number of hydrogen-bond donors (Lipinski definition) is 1. The van der Waals surface area contributed by atoms with Gasteiger partial charge in [-0.3, -0.25) is 4.90 Å². The Morgan fingerprint density at radius 3 is 2.57 bits per heavy atom. The lowest BCUT2D eigenvalue weighted by molar-refractivity contribution is 0.248. The minimum atomic E-state index is -0.0921. The van der Waals surface area contributed by atoms with Crippen LogP contribution in [0.4, 0.5) is 10.1 Å². The number of benzene rings is 1. The standard InChI is InChI=1S/C17H26FN3/c1-3-19-13(2)17-15(18)5-4-6-16(17)21-11-9-20(10-12-21)14-7-8-14/h4-6,13-14,19H,3,7-12H2,1-2H3. The minimum absolute atomic E-state index is 0.0488. The molecule has 1 N–H and O–H groups in total. The van der Waals surface area contributed by atoms with Gasteiger partial charge in [0.05, 0.1) is 0 Å². The van der Waals surface area contributed by atoms with Crippen LogP contribution in [0, 0.1) is 5.82 Å². The number of halogens is 1. The van der Waals surface area contributed by atoms with Crippen LogP contribution < -0.4 is 10.2 Å². The molecule has 116 valence electrons. The fourth-order valence-electron chi connectivity index (χ4n) is 3.41. The van der Waals surface area contributed by atoms with Gasteiger partial charge >= 0.3 is 0 Å². The van der Waals surface area contributed by atoms with Crippen LogP contribution in [0.25, 0.3) is 0 Å². The van der Waals surface area contributed by atoms with Gasteiger partial charge < -0.3 is 10.2 Å². The zero-order chi connectivity index (χ0) is 14.8. The Morgan fingerprint density at radius 1 is 1.24 bits per heavy atom. The first-order chi connectivity index (χ1) is 10.2. The quantitative estimate of drug-likeness (QED) is 0.900. The van der Waals surface area contributed by atoms with Crippen LogP contribution >= 0.6 is 0 Å². The maximum atomic E-state index is 14.3. The summed E-state index contributed by atoms with van der Waals surface area (Å²) in [5.74, 6) is -0.0921. The highest BCUT2D eigenvalue weighted by Gasteiger charge is 2.32. The van der Waals surface area contributed by atoms with Gasteiger partial charge in [-0.15, -0.1) is 0 Å². The summed E-state index contributed by atoms with van der Waals surface area (Å²) in [4.78, 5) is 4.94. The Bertz CT molecular complexity index is 479. The van der Waals surface area contributed by atoms with E-state index in [1.807, 2.05) is 13.0 Å². The van der Waals surface area contributed by atoms with Crippen LogP contribution in [0.1, 0.15) is 38.3 Å². The van der Waals surface area contributed by atoms with Gasteiger partial charge in [-0.1, -0.05) is 13.0 Å². The van der Waals surface area contributed by atoms with Gasteiger partial charge in [-0.05, 0) is 38.4 Å². The minimum Gasteiger partial charge on any atom is -0.369 e. The second kappa shape index (κ2) is 6.32. The number of nitrogens with zero attached hydrogens (tertiary/aromatic N) is 2. The van der Waals surface area contributed by atoms with Crippen LogP contribution in [0.15, 0.2) is 18.2 Å². The van der Waals surface area contributed by atoms with E-state index in [-0.39, 0.29) is 11.9 Å². The highest BCUT2D eigenvalue weighted by atomic mass is 19.1. The van der Waals surface area contributed by atoms with Crippen molar-refractivity contribution in [2.75, 3.05) is 37.6 Å². The van der Waals surface area contributed by atoms with E-state index in [0.29, 0.717) is 0 Å². The van der Waals surface area contributed by atoms with Crippen LogP contribution in [0.5, 0.6) is 0 Å². The van der Waals surface area contributed by atoms with Crippen molar-refractivity contribution < 1.29 is 4.39 Å². The highest BCUT2D eigenvalue weighted by Crippen LogP contribution is 2.32. The molecule has 1 aliphatic heterocycles. The van der Waals surface area contributed by atoms with Crippen molar-refractivity contribution in [3.63, 3.8) is 0 Å². The summed E-state index contributed by atoms with van der Waals surface area (Å²) in [6.45, 7) is 9.19. The third-order valence-electron chi connectivity index (χ3n) is 4.69. The molecule has 1 saturated heterocycles. The summed E-state index contributed by atoms with van der Waals surface area (Å²) in [5, 5.41) is 3.34. The first-order valence-electron chi connectivity index (χ1n) is 8.21. The van der Waals surface area contributed by atoms with E-state index >= 15 is 0 Å². The first-order valence-corrected chi connectivity index (χ1v) is 8.21. The Balaban J connectivity index is 1.76. The average molecular weight is 291 g/mol. The molecule has 1 atom stereocenters. The van der Waals surface area contributed by atoms with E-state index in [1.165, 1.54) is 12.8 Å². The third kappa shape index (κ3) is 3.22. The zero-order valence-corrected chi connectivity index (χ0v) is 13.1. The lowest BCUT2D eigenvalue weighted by Gasteiger charge is -2.37. The van der Waals surface area contributed by atoms with E-state index in [0.717, 1.165) is 50.0 Å². The lowest BCUT2D eigenvalue weighted by Crippen LogP contribution is -2.47. The fraction of sp³-hybridized carbons (Fsp3) is 0.647. The fourth-order valence-corrected chi connectivity index (χ4v) is 3.41. The Morgan fingerprint density at radius 2 is 1.95 bits per heavy atom. The molecule has 4 heteroatoms. The van der Waals surface area contributed by atoms with Crippen LogP contribution in [-0.4, -0.2) is 43.7 Å². The molecule has 1 heterocycles. The summed E-state index contributed by atoms with van der Waals surface area (Å²) in [6, 6.07) is 6.36. The molecule has 0 aromatic heterocycles. The van der Waals surface area contributed by atoms with Crippen molar-refractivity contribution in [2.45, 2.75) is 38.8 Å². The molecule has 1 saturated carbocycles. The Labute approximate surface area is 127 Å². The summed E-state index contributed by atoms with van der Waals surface area (Å²) in [5.41, 5.74) is 1.89. The summed E-state index contributed by atoms with van der Waals surface area (Å²) < 4.78 is 14.3. The van der Waals surface area contributed by atoms with E-state index in [4.69, 9.17) is 0 Å². The molecule has 3 nitrogen and oxygen atoms in total. The molecule has 0 radical (unpaired) electrons. The summed E-state index contributed by atoms with van der Waals surface area (Å²) in [7, 11) is 0. The predicted molar refractivity (Wildman–Crippen MR) is 85.3 cm³/mol. The number of rotatable bonds is 5. The number of nitrogens with one attached hydrogen (secondary N) is 1. The maximum absolute atomic E-state index is 14.3. The molecule has 0 spiro atoms. The molecular weight excluding hydrogens is 265 g/mol. The normalized spacial score (nSPS) is 21.6. The van der Waals surface area contributed by atoms with Gasteiger partial charge in [0, 0.05) is 49.5 Å². The Hall–Kier alpha value is -1.13. The molecule has 2 aliphatic rings. The predicted octanol–water partition coefficient (Wildman–Crippen LogP) is 2.78. The smallest absolute Gasteiger partial charge is 0.130 e. The maximum Gasteiger partial charge on any atom is 0.130 e. The topological polar surface area (TPSA) is 18.5 Å². The molecule has 1 unspecified atom stereocenters. The number of piperazine rings is 1. The zero-order valence-electron chi connectivity index (χ0n) is 13.1. The van der Waals surface area contributed by atoms with Gasteiger partial charge in [0.25, 0.3) is 0 Å².